The maximum atomic E-state index is 11.4. The molecule has 0 unspecified atom stereocenters. The number of carbonyl (C=O) groups is 1. The third kappa shape index (κ3) is 9.07. The molecule has 0 bridgehead atoms. The van der Waals surface area contributed by atoms with E-state index in [1.165, 1.54) is 13.2 Å². The van der Waals surface area contributed by atoms with Crippen molar-refractivity contribution in [1.29, 1.82) is 0 Å². The summed E-state index contributed by atoms with van der Waals surface area (Å²) in [6.07, 6.45) is 4.26. The fourth-order valence-electron chi connectivity index (χ4n) is 2.07. The van der Waals surface area contributed by atoms with Crippen LogP contribution in [-0.2, 0) is 18.4 Å². The Morgan fingerprint density at radius 1 is 0.963 bits per heavy atom. The van der Waals surface area contributed by atoms with Crippen molar-refractivity contribution in [2.45, 2.75) is 97.3 Å². The molecule has 0 aromatic heterocycles. The van der Waals surface area contributed by atoms with E-state index >= 15 is 0 Å². The maximum absolute atomic E-state index is 11.4. The molecule has 4 nitrogen and oxygen atoms in total. The Morgan fingerprint density at radius 3 is 1.85 bits per heavy atom. The predicted molar refractivity (Wildman–Crippen MR) is 120 cm³/mol. The molecule has 0 rings (SSSR count). The van der Waals surface area contributed by atoms with Crippen molar-refractivity contribution in [2.24, 2.45) is 5.92 Å². The molecule has 0 saturated heterocycles. The van der Waals surface area contributed by atoms with Crippen LogP contribution in [0.3, 0.4) is 0 Å². The SMILES string of the molecule is COC(=O)/C=C/[C@H](C)C[C@H](CO[Si](C)(C)C(C)(C)C)O[Si](C)(C)C(C)(C)C. The van der Waals surface area contributed by atoms with Gasteiger partial charge >= 0.3 is 5.97 Å². The Balaban J connectivity index is 5.28. The number of esters is 1. The van der Waals surface area contributed by atoms with Gasteiger partial charge in [0.1, 0.15) is 0 Å². The number of ether oxygens (including phenoxy) is 1. The van der Waals surface area contributed by atoms with Crippen molar-refractivity contribution in [2.75, 3.05) is 13.7 Å². The van der Waals surface area contributed by atoms with E-state index in [-0.39, 0.29) is 28.1 Å². The molecule has 0 aliphatic heterocycles. The van der Waals surface area contributed by atoms with Crippen LogP contribution in [0.5, 0.6) is 0 Å². The monoisotopic (exact) mass is 416 g/mol. The molecule has 0 aromatic rings. The smallest absolute Gasteiger partial charge is 0.330 e. The van der Waals surface area contributed by atoms with Crippen molar-refractivity contribution in [3.05, 3.63) is 12.2 Å². The summed E-state index contributed by atoms with van der Waals surface area (Å²) in [6, 6.07) is 0. The Morgan fingerprint density at radius 2 is 1.44 bits per heavy atom. The van der Waals surface area contributed by atoms with Crippen LogP contribution in [0.25, 0.3) is 0 Å². The van der Waals surface area contributed by atoms with Crippen LogP contribution < -0.4 is 0 Å². The highest BCUT2D eigenvalue weighted by Gasteiger charge is 2.41. The quantitative estimate of drug-likeness (QED) is 0.257. The zero-order valence-electron chi connectivity index (χ0n) is 19.9. The number of carbonyl (C=O) groups excluding carboxylic acids is 1. The summed E-state index contributed by atoms with van der Waals surface area (Å²) in [6.45, 7) is 25.4. The van der Waals surface area contributed by atoms with Gasteiger partial charge in [0, 0.05) is 6.08 Å². The number of rotatable bonds is 9. The number of methoxy groups -OCH3 is 1. The molecule has 0 aliphatic carbocycles. The number of allylic oxidation sites excluding steroid dienone is 1. The van der Waals surface area contributed by atoms with Crippen LogP contribution in [0.15, 0.2) is 12.2 Å². The third-order valence-electron chi connectivity index (χ3n) is 6.10. The predicted octanol–water partition coefficient (Wildman–Crippen LogP) is 6.15. The van der Waals surface area contributed by atoms with Gasteiger partial charge in [-0.25, -0.2) is 4.79 Å². The lowest BCUT2D eigenvalue weighted by Gasteiger charge is -2.42. The highest BCUT2D eigenvalue weighted by atomic mass is 28.4. The molecule has 2 atom stereocenters. The van der Waals surface area contributed by atoms with Gasteiger partial charge in [-0.05, 0) is 48.6 Å². The minimum absolute atomic E-state index is 0.0253. The second-order valence-corrected chi connectivity index (χ2v) is 20.2. The zero-order valence-corrected chi connectivity index (χ0v) is 21.9. The van der Waals surface area contributed by atoms with E-state index in [2.05, 4.69) is 74.7 Å². The molecule has 0 radical (unpaired) electrons. The van der Waals surface area contributed by atoms with E-state index in [0.717, 1.165) is 6.42 Å². The van der Waals surface area contributed by atoms with Gasteiger partial charge in [-0.2, -0.15) is 0 Å². The first kappa shape index (κ1) is 26.6. The van der Waals surface area contributed by atoms with E-state index in [1.807, 2.05) is 6.08 Å². The molecule has 0 saturated carbocycles. The normalized spacial score (nSPS) is 16.4. The molecule has 0 N–H and O–H groups in total. The van der Waals surface area contributed by atoms with Gasteiger partial charge in [-0.1, -0.05) is 54.5 Å². The van der Waals surface area contributed by atoms with Crippen molar-refractivity contribution < 1.29 is 18.4 Å². The molecule has 27 heavy (non-hydrogen) atoms. The van der Waals surface area contributed by atoms with Gasteiger partial charge in [0.05, 0.1) is 19.8 Å². The Kier molecular flexibility index (Phi) is 9.69. The van der Waals surface area contributed by atoms with Crippen LogP contribution >= 0.6 is 0 Å². The molecule has 160 valence electrons. The van der Waals surface area contributed by atoms with E-state index in [0.29, 0.717) is 6.61 Å². The first-order valence-corrected chi connectivity index (χ1v) is 15.8. The Labute approximate surface area is 170 Å². The highest BCUT2D eigenvalue weighted by Crippen LogP contribution is 2.39. The van der Waals surface area contributed by atoms with Crippen LogP contribution in [0.2, 0.25) is 36.3 Å². The van der Waals surface area contributed by atoms with Gasteiger partial charge in [0.25, 0.3) is 0 Å². The number of hydrogen-bond donors (Lipinski definition) is 0. The summed E-state index contributed by atoms with van der Waals surface area (Å²) in [5.74, 6) is -0.108. The van der Waals surface area contributed by atoms with E-state index in [1.54, 1.807) is 0 Å². The van der Waals surface area contributed by atoms with Gasteiger partial charge < -0.3 is 13.6 Å². The molecule has 0 aliphatic rings. The van der Waals surface area contributed by atoms with Crippen molar-refractivity contribution in [1.82, 2.24) is 0 Å². The molecule has 0 amide bonds. The van der Waals surface area contributed by atoms with Crippen LogP contribution in [0.4, 0.5) is 0 Å². The second kappa shape index (κ2) is 9.85. The van der Waals surface area contributed by atoms with Crippen molar-refractivity contribution in [3.8, 4) is 0 Å². The Hall–Kier alpha value is -0.436. The summed E-state index contributed by atoms with van der Waals surface area (Å²) >= 11 is 0. The first-order chi connectivity index (χ1) is 11.9. The molecule has 6 heteroatoms. The molecule has 0 spiro atoms. The average molecular weight is 417 g/mol. The summed E-state index contributed by atoms with van der Waals surface area (Å²) in [5.41, 5.74) is 0. The minimum Gasteiger partial charge on any atom is -0.466 e. The summed E-state index contributed by atoms with van der Waals surface area (Å²) < 4.78 is 17.9. The van der Waals surface area contributed by atoms with Gasteiger partial charge in [-0.3, -0.25) is 0 Å². The zero-order chi connectivity index (χ0) is 21.7. The number of hydrogen-bond acceptors (Lipinski definition) is 4. The summed E-state index contributed by atoms with van der Waals surface area (Å²) in [4.78, 5) is 11.4. The van der Waals surface area contributed by atoms with E-state index in [4.69, 9.17) is 13.6 Å². The van der Waals surface area contributed by atoms with E-state index < -0.39 is 16.6 Å². The summed E-state index contributed by atoms with van der Waals surface area (Å²) in [5, 5.41) is 0.318. The van der Waals surface area contributed by atoms with Crippen LogP contribution in [0.1, 0.15) is 54.9 Å². The van der Waals surface area contributed by atoms with Crippen molar-refractivity contribution in [3.63, 3.8) is 0 Å². The highest BCUT2D eigenvalue weighted by molar-refractivity contribution is 6.74. The molecule has 0 heterocycles. The molecule has 0 fully saturated rings. The minimum atomic E-state index is -1.91. The first-order valence-electron chi connectivity index (χ1n) is 10.0. The van der Waals surface area contributed by atoms with Gasteiger partial charge in [-0.15, -0.1) is 0 Å². The maximum Gasteiger partial charge on any atom is 0.330 e. The lowest BCUT2D eigenvalue weighted by atomic mass is 10.0. The summed E-state index contributed by atoms with van der Waals surface area (Å²) in [7, 11) is -2.35. The third-order valence-corrected chi connectivity index (χ3v) is 15.1. The van der Waals surface area contributed by atoms with Gasteiger partial charge in [0.15, 0.2) is 16.6 Å². The Bertz CT molecular complexity index is 499. The molecule has 0 aromatic carbocycles. The van der Waals surface area contributed by atoms with E-state index in [9.17, 15) is 4.79 Å². The second-order valence-electron chi connectivity index (χ2n) is 10.7. The largest absolute Gasteiger partial charge is 0.466 e. The lowest BCUT2D eigenvalue weighted by Crippen LogP contribution is -2.48. The lowest BCUT2D eigenvalue weighted by molar-refractivity contribution is -0.134. The van der Waals surface area contributed by atoms with Crippen LogP contribution in [-0.4, -0.2) is 42.4 Å². The van der Waals surface area contributed by atoms with Crippen LogP contribution in [0, 0.1) is 5.92 Å². The standard InChI is InChI=1S/C21H44O4Si2/c1-17(13-14-19(22)23-8)15-18(25-27(11,12)21(5,6)7)16-24-26(9,10)20(2,3)4/h13-14,17-18H,15-16H2,1-12H3/b14-13+/t17-,18+/m0/s1. The average Bonchev–Trinajstić information content (AvgIpc) is 2.47. The molecular weight excluding hydrogens is 372 g/mol. The van der Waals surface area contributed by atoms with Crippen molar-refractivity contribution >= 4 is 22.6 Å². The van der Waals surface area contributed by atoms with Gasteiger partial charge in [0.2, 0.25) is 0 Å². The fourth-order valence-corrected chi connectivity index (χ4v) is 4.45. The fraction of sp³-hybridized carbons (Fsp3) is 0.857. The molecular formula is C21H44O4Si2. The topological polar surface area (TPSA) is 44.8 Å².